The molecule has 144 valence electrons. The zero-order valence-electron chi connectivity index (χ0n) is 16.0. The molecule has 2 aromatic rings. The third-order valence-electron chi connectivity index (χ3n) is 4.99. The molecule has 1 N–H and O–H groups in total. The van der Waals surface area contributed by atoms with Crippen molar-refractivity contribution in [1.82, 2.24) is 4.90 Å². The topological polar surface area (TPSA) is 56.2 Å². The first-order chi connectivity index (χ1) is 13.1. The molecule has 0 unspecified atom stereocenters. The summed E-state index contributed by atoms with van der Waals surface area (Å²) in [6.07, 6.45) is -0.960. The van der Waals surface area contributed by atoms with Crippen molar-refractivity contribution in [2.75, 3.05) is 56.2 Å². The van der Waals surface area contributed by atoms with Crippen molar-refractivity contribution in [3.8, 4) is 5.75 Å². The smallest absolute Gasteiger partial charge is 0.411 e. The Hall–Kier alpha value is -2.73. The standard InChI is InChI=1S/C21H27N3O3/c1-17-6-5-7-18(16-17)23-13-10-22(11-14-23)12-15-24(21(25)26)19-8-3-4-9-20(19)27-2/h3-9,16H,10-15H2,1-2H3,(H,25,26). The lowest BCUT2D eigenvalue weighted by Gasteiger charge is -2.37. The van der Waals surface area contributed by atoms with Gasteiger partial charge in [0.2, 0.25) is 0 Å². The van der Waals surface area contributed by atoms with E-state index in [4.69, 9.17) is 4.74 Å². The highest BCUT2D eigenvalue weighted by Gasteiger charge is 2.22. The summed E-state index contributed by atoms with van der Waals surface area (Å²) in [7, 11) is 1.56. The number of methoxy groups -OCH3 is 1. The van der Waals surface area contributed by atoms with Gasteiger partial charge in [0.15, 0.2) is 0 Å². The van der Waals surface area contributed by atoms with E-state index < -0.39 is 6.09 Å². The van der Waals surface area contributed by atoms with Gasteiger partial charge < -0.3 is 14.7 Å². The molecule has 1 aliphatic heterocycles. The lowest BCUT2D eigenvalue weighted by atomic mass is 10.2. The van der Waals surface area contributed by atoms with Gasteiger partial charge in [-0.3, -0.25) is 9.80 Å². The van der Waals surface area contributed by atoms with Gasteiger partial charge in [-0.2, -0.15) is 0 Å². The number of hydrogen-bond acceptors (Lipinski definition) is 4. The van der Waals surface area contributed by atoms with Gasteiger partial charge in [0.25, 0.3) is 0 Å². The number of ether oxygens (including phenoxy) is 1. The second-order valence-corrected chi connectivity index (χ2v) is 6.77. The summed E-state index contributed by atoms with van der Waals surface area (Å²) in [5.74, 6) is 0.573. The fourth-order valence-corrected chi connectivity index (χ4v) is 3.47. The molecule has 1 saturated heterocycles. The fraction of sp³-hybridized carbons (Fsp3) is 0.381. The van der Waals surface area contributed by atoms with E-state index >= 15 is 0 Å². The van der Waals surface area contributed by atoms with Crippen LogP contribution in [-0.2, 0) is 0 Å². The van der Waals surface area contributed by atoms with E-state index in [-0.39, 0.29) is 0 Å². The molecule has 1 fully saturated rings. The van der Waals surface area contributed by atoms with Crippen LogP contribution < -0.4 is 14.5 Å². The zero-order valence-corrected chi connectivity index (χ0v) is 16.0. The molecule has 27 heavy (non-hydrogen) atoms. The van der Waals surface area contributed by atoms with Crippen LogP contribution in [0.4, 0.5) is 16.2 Å². The van der Waals surface area contributed by atoms with Gasteiger partial charge in [0.1, 0.15) is 5.75 Å². The van der Waals surface area contributed by atoms with Crippen LogP contribution in [0.25, 0.3) is 0 Å². The Morgan fingerprint density at radius 1 is 1.11 bits per heavy atom. The number of carboxylic acid groups (broad SMARTS) is 1. The molecule has 6 nitrogen and oxygen atoms in total. The van der Waals surface area contributed by atoms with E-state index in [1.165, 1.54) is 16.2 Å². The minimum absolute atomic E-state index is 0.417. The lowest BCUT2D eigenvalue weighted by molar-refractivity contribution is 0.198. The van der Waals surface area contributed by atoms with Crippen LogP contribution in [0.5, 0.6) is 5.75 Å². The third-order valence-corrected chi connectivity index (χ3v) is 4.99. The van der Waals surface area contributed by atoms with Crippen LogP contribution in [0.2, 0.25) is 0 Å². The molecule has 0 radical (unpaired) electrons. The summed E-state index contributed by atoms with van der Waals surface area (Å²) in [5.41, 5.74) is 3.12. The van der Waals surface area contributed by atoms with Crippen molar-refractivity contribution >= 4 is 17.5 Å². The lowest BCUT2D eigenvalue weighted by Crippen LogP contribution is -2.49. The Bertz CT molecular complexity index is 773. The second-order valence-electron chi connectivity index (χ2n) is 6.77. The van der Waals surface area contributed by atoms with Crippen molar-refractivity contribution in [1.29, 1.82) is 0 Å². The van der Waals surface area contributed by atoms with Crippen LogP contribution in [0.1, 0.15) is 5.56 Å². The Balaban J connectivity index is 1.57. The number of aryl methyl sites for hydroxylation is 1. The van der Waals surface area contributed by atoms with Crippen LogP contribution in [0.3, 0.4) is 0 Å². The van der Waals surface area contributed by atoms with Crippen molar-refractivity contribution in [2.24, 2.45) is 0 Å². The molecule has 1 amide bonds. The molecule has 2 aromatic carbocycles. The molecular formula is C21H27N3O3. The van der Waals surface area contributed by atoms with E-state index in [0.29, 0.717) is 24.5 Å². The van der Waals surface area contributed by atoms with Crippen LogP contribution in [0, 0.1) is 6.92 Å². The number of benzene rings is 2. The quantitative estimate of drug-likeness (QED) is 0.847. The summed E-state index contributed by atoms with van der Waals surface area (Å²) in [6, 6.07) is 15.8. The van der Waals surface area contributed by atoms with E-state index in [1.54, 1.807) is 19.2 Å². The van der Waals surface area contributed by atoms with Gasteiger partial charge in [-0.15, -0.1) is 0 Å². The van der Waals surface area contributed by atoms with Gasteiger partial charge in [-0.25, -0.2) is 4.79 Å². The normalized spacial score (nSPS) is 14.8. The molecule has 1 aliphatic rings. The second kappa shape index (κ2) is 8.77. The summed E-state index contributed by atoms with van der Waals surface area (Å²) in [4.78, 5) is 17.8. The first kappa shape index (κ1) is 19.0. The summed E-state index contributed by atoms with van der Waals surface area (Å²) < 4.78 is 5.32. The molecule has 6 heteroatoms. The monoisotopic (exact) mass is 369 g/mol. The van der Waals surface area contributed by atoms with Crippen molar-refractivity contribution in [3.05, 3.63) is 54.1 Å². The fourth-order valence-electron chi connectivity index (χ4n) is 3.47. The molecule has 0 atom stereocenters. The SMILES string of the molecule is COc1ccccc1N(CCN1CCN(c2cccc(C)c2)CC1)C(=O)O. The minimum Gasteiger partial charge on any atom is -0.495 e. The van der Waals surface area contributed by atoms with E-state index in [2.05, 4.69) is 41.0 Å². The molecular weight excluding hydrogens is 342 g/mol. The van der Waals surface area contributed by atoms with Crippen LogP contribution in [-0.4, -0.2) is 62.5 Å². The first-order valence-electron chi connectivity index (χ1n) is 9.26. The van der Waals surface area contributed by atoms with Crippen molar-refractivity contribution < 1.29 is 14.6 Å². The van der Waals surface area contributed by atoms with E-state index in [1.807, 2.05) is 12.1 Å². The minimum atomic E-state index is -0.960. The summed E-state index contributed by atoms with van der Waals surface area (Å²) in [6.45, 7) is 6.97. The van der Waals surface area contributed by atoms with Gasteiger partial charge in [0.05, 0.1) is 12.8 Å². The van der Waals surface area contributed by atoms with Crippen molar-refractivity contribution in [2.45, 2.75) is 6.92 Å². The maximum Gasteiger partial charge on any atom is 0.411 e. The Kier molecular flexibility index (Phi) is 6.19. The average molecular weight is 369 g/mol. The summed E-state index contributed by atoms with van der Waals surface area (Å²) in [5, 5.41) is 9.64. The summed E-state index contributed by atoms with van der Waals surface area (Å²) >= 11 is 0. The Labute approximate surface area is 160 Å². The number of para-hydroxylation sites is 2. The number of anilines is 2. The highest BCUT2D eigenvalue weighted by atomic mass is 16.5. The molecule has 0 spiro atoms. The maximum atomic E-state index is 11.8. The molecule has 1 heterocycles. The maximum absolute atomic E-state index is 11.8. The van der Waals surface area contributed by atoms with E-state index in [0.717, 1.165) is 26.2 Å². The molecule has 0 aliphatic carbocycles. The van der Waals surface area contributed by atoms with Crippen LogP contribution in [0.15, 0.2) is 48.5 Å². The molecule has 0 saturated carbocycles. The molecule has 0 aromatic heterocycles. The number of amides is 1. The predicted molar refractivity (Wildman–Crippen MR) is 108 cm³/mol. The number of nitrogens with zero attached hydrogens (tertiary/aromatic N) is 3. The Morgan fingerprint density at radius 3 is 2.52 bits per heavy atom. The zero-order chi connectivity index (χ0) is 19.2. The highest BCUT2D eigenvalue weighted by Crippen LogP contribution is 2.27. The van der Waals surface area contributed by atoms with Gasteiger partial charge in [-0.05, 0) is 36.8 Å². The van der Waals surface area contributed by atoms with E-state index in [9.17, 15) is 9.90 Å². The van der Waals surface area contributed by atoms with Gasteiger partial charge >= 0.3 is 6.09 Å². The number of hydrogen-bond donors (Lipinski definition) is 1. The van der Waals surface area contributed by atoms with Gasteiger partial charge in [0, 0.05) is 45.0 Å². The first-order valence-corrected chi connectivity index (χ1v) is 9.26. The van der Waals surface area contributed by atoms with Gasteiger partial charge in [-0.1, -0.05) is 24.3 Å². The number of carbonyl (C=O) groups is 1. The number of piperazine rings is 1. The molecule has 3 rings (SSSR count). The Morgan fingerprint density at radius 2 is 1.85 bits per heavy atom. The average Bonchev–Trinajstić information content (AvgIpc) is 2.69. The molecule has 0 bridgehead atoms. The van der Waals surface area contributed by atoms with Crippen LogP contribution >= 0.6 is 0 Å². The van der Waals surface area contributed by atoms with Crippen molar-refractivity contribution in [3.63, 3.8) is 0 Å². The largest absolute Gasteiger partial charge is 0.495 e. The highest BCUT2D eigenvalue weighted by molar-refractivity contribution is 5.88. The third kappa shape index (κ3) is 4.71. The number of rotatable bonds is 6. The predicted octanol–water partition coefficient (Wildman–Crippen LogP) is 3.31.